The van der Waals surface area contributed by atoms with Gasteiger partial charge in [-0.15, -0.1) is 0 Å². The molecule has 0 aromatic heterocycles. The molecule has 0 fully saturated rings. The summed E-state index contributed by atoms with van der Waals surface area (Å²) in [5.74, 6) is -3.78. The van der Waals surface area contributed by atoms with E-state index in [0.29, 0.717) is 25.8 Å². The summed E-state index contributed by atoms with van der Waals surface area (Å²) in [6, 6.07) is 15.9. The van der Waals surface area contributed by atoms with Gasteiger partial charge >= 0.3 is 5.97 Å². The molecule has 2 aromatic carbocycles. The first-order chi connectivity index (χ1) is 16.7. The van der Waals surface area contributed by atoms with Crippen LogP contribution in [0.2, 0.25) is 0 Å². The van der Waals surface area contributed by atoms with Gasteiger partial charge < -0.3 is 16.2 Å². The van der Waals surface area contributed by atoms with Crippen LogP contribution < -0.4 is 16.5 Å². The van der Waals surface area contributed by atoms with Crippen LogP contribution in [-0.4, -0.2) is 34.1 Å². The molecule has 35 heavy (non-hydrogen) atoms. The third kappa shape index (κ3) is 9.15. The molecule has 0 heterocycles. The van der Waals surface area contributed by atoms with Crippen LogP contribution in [0.5, 0.6) is 0 Å². The fourth-order valence-corrected chi connectivity index (χ4v) is 4.26. The highest BCUT2D eigenvalue weighted by atomic mass is 16.5. The first-order valence-corrected chi connectivity index (χ1v) is 12.0. The third-order valence-corrected chi connectivity index (χ3v) is 6.13. The molecule has 0 saturated carbocycles. The maximum atomic E-state index is 13.3. The fourth-order valence-electron chi connectivity index (χ4n) is 4.26. The molecule has 0 aliphatic rings. The van der Waals surface area contributed by atoms with Crippen molar-refractivity contribution >= 4 is 17.8 Å². The molecule has 0 bridgehead atoms. The van der Waals surface area contributed by atoms with Crippen LogP contribution in [0.15, 0.2) is 54.6 Å². The SMILES string of the molecule is CC(C)C[C@@H](C(=O)N[C@@H](Cc1ccc(CN)cc1)C(=O)O)[C@H](CCCc1ccccc1)C(=O)NO. The number of carboxylic acids is 1. The highest BCUT2D eigenvalue weighted by molar-refractivity contribution is 5.89. The number of carbonyl (C=O) groups is 3. The maximum absolute atomic E-state index is 13.3. The lowest BCUT2D eigenvalue weighted by Crippen LogP contribution is -2.48. The number of carboxylic acid groups (broad SMARTS) is 1. The standard InChI is InChI=1S/C27H37N3O5/c1-18(2)15-23(22(26(32)30-35)10-6-9-19-7-4-3-5-8-19)25(31)29-24(27(33)34)16-20-11-13-21(17-28)14-12-20/h3-5,7-8,11-14,18,22-24,35H,6,9-10,15-17,28H2,1-2H3,(H,29,31)(H,30,32)(H,33,34)/t22-,23+,24-/m0/s1. The van der Waals surface area contributed by atoms with Gasteiger partial charge in [-0.3, -0.25) is 14.8 Å². The zero-order chi connectivity index (χ0) is 25.8. The molecular weight excluding hydrogens is 446 g/mol. The van der Waals surface area contributed by atoms with E-state index in [1.807, 2.05) is 56.3 Å². The molecule has 0 aliphatic carbocycles. The number of benzene rings is 2. The van der Waals surface area contributed by atoms with Gasteiger partial charge in [-0.05, 0) is 48.3 Å². The van der Waals surface area contributed by atoms with Crippen LogP contribution >= 0.6 is 0 Å². The predicted molar refractivity (Wildman–Crippen MR) is 133 cm³/mol. The van der Waals surface area contributed by atoms with Gasteiger partial charge in [0.15, 0.2) is 0 Å². The molecule has 6 N–H and O–H groups in total. The van der Waals surface area contributed by atoms with Gasteiger partial charge in [0, 0.05) is 18.9 Å². The van der Waals surface area contributed by atoms with E-state index < -0.39 is 35.7 Å². The Labute approximate surface area is 206 Å². The number of carbonyl (C=O) groups excluding carboxylic acids is 2. The average molecular weight is 484 g/mol. The van der Waals surface area contributed by atoms with Gasteiger partial charge in [-0.1, -0.05) is 68.4 Å². The summed E-state index contributed by atoms with van der Waals surface area (Å²) in [5, 5.41) is 21.8. The third-order valence-electron chi connectivity index (χ3n) is 6.13. The topological polar surface area (TPSA) is 142 Å². The van der Waals surface area contributed by atoms with Crippen molar-refractivity contribution in [2.24, 2.45) is 23.5 Å². The molecule has 0 aliphatic heterocycles. The number of nitrogens with one attached hydrogen (secondary N) is 2. The van der Waals surface area contributed by atoms with Crippen molar-refractivity contribution in [1.82, 2.24) is 10.8 Å². The fraction of sp³-hybridized carbons (Fsp3) is 0.444. The van der Waals surface area contributed by atoms with Gasteiger partial charge in [0.1, 0.15) is 6.04 Å². The molecule has 2 amide bonds. The van der Waals surface area contributed by atoms with E-state index >= 15 is 0 Å². The van der Waals surface area contributed by atoms with Gasteiger partial charge in [0.25, 0.3) is 0 Å². The second-order valence-electron chi connectivity index (χ2n) is 9.32. The van der Waals surface area contributed by atoms with Gasteiger partial charge in [-0.2, -0.15) is 0 Å². The molecule has 190 valence electrons. The predicted octanol–water partition coefficient (Wildman–Crippen LogP) is 3.06. The van der Waals surface area contributed by atoms with Crippen molar-refractivity contribution in [3.05, 3.63) is 71.3 Å². The van der Waals surface area contributed by atoms with Crippen molar-refractivity contribution in [2.45, 2.75) is 58.5 Å². The highest BCUT2D eigenvalue weighted by Crippen LogP contribution is 2.27. The van der Waals surface area contributed by atoms with Crippen molar-refractivity contribution in [2.75, 3.05) is 0 Å². The Morgan fingerprint density at radius 3 is 2.06 bits per heavy atom. The van der Waals surface area contributed by atoms with E-state index in [2.05, 4.69) is 5.32 Å². The lowest BCUT2D eigenvalue weighted by molar-refractivity contribution is -0.145. The lowest BCUT2D eigenvalue weighted by atomic mass is 9.80. The van der Waals surface area contributed by atoms with Crippen LogP contribution in [0.25, 0.3) is 0 Å². The summed E-state index contributed by atoms with van der Waals surface area (Å²) in [7, 11) is 0. The van der Waals surface area contributed by atoms with E-state index in [1.165, 1.54) is 0 Å². The Kier molecular flexibility index (Phi) is 11.4. The van der Waals surface area contributed by atoms with Crippen LogP contribution in [0.3, 0.4) is 0 Å². The van der Waals surface area contributed by atoms with E-state index in [4.69, 9.17) is 5.73 Å². The summed E-state index contributed by atoms with van der Waals surface area (Å²) in [4.78, 5) is 37.9. The number of nitrogens with two attached hydrogens (primary N) is 1. The van der Waals surface area contributed by atoms with Crippen molar-refractivity contribution in [3.63, 3.8) is 0 Å². The Morgan fingerprint density at radius 1 is 0.886 bits per heavy atom. The van der Waals surface area contributed by atoms with Gasteiger partial charge in [0.05, 0.1) is 5.92 Å². The van der Waals surface area contributed by atoms with Gasteiger partial charge in [-0.25, -0.2) is 10.3 Å². The molecule has 8 heteroatoms. The smallest absolute Gasteiger partial charge is 0.326 e. The Bertz CT molecular complexity index is 947. The van der Waals surface area contributed by atoms with Crippen molar-refractivity contribution in [3.8, 4) is 0 Å². The van der Waals surface area contributed by atoms with Crippen LogP contribution in [0, 0.1) is 17.8 Å². The minimum Gasteiger partial charge on any atom is -0.480 e. The zero-order valence-corrected chi connectivity index (χ0v) is 20.4. The summed E-state index contributed by atoms with van der Waals surface area (Å²) in [6.45, 7) is 4.26. The second kappa shape index (κ2) is 14.2. The van der Waals surface area contributed by atoms with Crippen molar-refractivity contribution < 1.29 is 24.7 Å². The number of rotatable bonds is 14. The molecule has 2 aromatic rings. The number of hydroxylamine groups is 1. The summed E-state index contributed by atoms with van der Waals surface area (Å²) >= 11 is 0. The molecule has 8 nitrogen and oxygen atoms in total. The summed E-state index contributed by atoms with van der Waals surface area (Å²) in [6.07, 6.45) is 2.23. The number of aryl methyl sites for hydroxylation is 1. The number of hydrogen-bond acceptors (Lipinski definition) is 5. The minimum atomic E-state index is -1.16. The van der Waals surface area contributed by atoms with Crippen LogP contribution in [-0.2, 0) is 33.8 Å². The largest absolute Gasteiger partial charge is 0.480 e. The Morgan fingerprint density at radius 2 is 1.51 bits per heavy atom. The van der Waals surface area contributed by atoms with E-state index in [1.54, 1.807) is 17.6 Å². The van der Waals surface area contributed by atoms with Crippen LogP contribution in [0.1, 0.15) is 49.8 Å². The van der Waals surface area contributed by atoms with Crippen molar-refractivity contribution in [1.29, 1.82) is 0 Å². The monoisotopic (exact) mass is 483 g/mol. The molecule has 0 unspecified atom stereocenters. The molecule has 2 rings (SSSR count). The minimum absolute atomic E-state index is 0.0842. The Hall–Kier alpha value is -3.23. The number of aliphatic carboxylic acids is 1. The summed E-state index contributed by atoms with van der Waals surface area (Å²) in [5.41, 5.74) is 10.1. The summed E-state index contributed by atoms with van der Waals surface area (Å²) < 4.78 is 0. The first kappa shape index (κ1) is 28.0. The lowest BCUT2D eigenvalue weighted by Gasteiger charge is -2.28. The van der Waals surface area contributed by atoms with Gasteiger partial charge in [0.2, 0.25) is 11.8 Å². The zero-order valence-electron chi connectivity index (χ0n) is 20.4. The number of hydrogen-bond donors (Lipinski definition) is 5. The molecular formula is C27H37N3O5. The normalized spacial score (nSPS) is 13.6. The van der Waals surface area contributed by atoms with E-state index in [9.17, 15) is 24.7 Å². The molecule has 0 saturated heterocycles. The first-order valence-electron chi connectivity index (χ1n) is 12.0. The molecule has 0 spiro atoms. The second-order valence-corrected chi connectivity index (χ2v) is 9.32. The van der Waals surface area contributed by atoms with E-state index in [0.717, 1.165) is 23.1 Å². The highest BCUT2D eigenvalue weighted by Gasteiger charge is 2.35. The Balaban J connectivity index is 2.16. The van der Waals surface area contributed by atoms with E-state index in [-0.39, 0.29) is 12.3 Å². The number of amides is 2. The molecule has 3 atom stereocenters. The van der Waals surface area contributed by atoms with Crippen LogP contribution in [0.4, 0.5) is 0 Å². The average Bonchev–Trinajstić information content (AvgIpc) is 2.85. The molecule has 0 radical (unpaired) electrons. The maximum Gasteiger partial charge on any atom is 0.326 e. The quantitative estimate of drug-likeness (QED) is 0.207.